The maximum Gasteiger partial charge on any atom is 0.173 e. The van der Waals surface area contributed by atoms with Gasteiger partial charge in [0.05, 0.1) is 0 Å². The molecule has 1 atom stereocenters. The Morgan fingerprint density at radius 3 is 3.11 bits per heavy atom. The number of hydrogen-bond acceptors (Lipinski definition) is 2. The number of thiocarbonyl (C=S) groups is 1. The summed E-state index contributed by atoms with van der Waals surface area (Å²) in [6.07, 6.45) is 2.15. The molecule has 0 spiro atoms. The zero-order chi connectivity index (χ0) is 13.0. The molecule has 2 N–H and O–H groups in total. The van der Waals surface area contributed by atoms with E-state index in [1.54, 1.807) is 0 Å². The minimum atomic E-state index is 0.232. The summed E-state index contributed by atoms with van der Waals surface area (Å²) in [5, 5.41) is 13.8. The van der Waals surface area contributed by atoms with E-state index in [9.17, 15) is 5.11 Å². The van der Waals surface area contributed by atoms with Gasteiger partial charge in [-0.1, -0.05) is 17.7 Å². The van der Waals surface area contributed by atoms with Gasteiger partial charge in [-0.05, 0) is 49.2 Å². The molecule has 0 aromatic heterocycles. The second-order valence-electron chi connectivity index (χ2n) is 4.58. The molecule has 3 nitrogen and oxygen atoms in total. The van der Waals surface area contributed by atoms with Crippen molar-refractivity contribution in [2.45, 2.75) is 12.8 Å². The second kappa shape index (κ2) is 6.36. The molecule has 1 heterocycles. The first-order valence-corrected chi connectivity index (χ1v) is 6.90. The van der Waals surface area contributed by atoms with E-state index in [0.717, 1.165) is 31.6 Å². The predicted octanol–water partition coefficient (Wildman–Crippen LogP) is 2.74. The molecular weight excluding hydrogens is 268 g/mol. The van der Waals surface area contributed by atoms with Crippen LogP contribution >= 0.6 is 23.8 Å². The van der Waals surface area contributed by atoms with Crippen molar-refractivity contribution >= 4 is 34.6 Å². The Morgan fingerprint density at radius 2 is 2.39 bits per heavy atom. The largest absolute Gasteiger partial charge is 0.396 e. The molecule has 5 heteroatoms. The van der Waals surface area contributed by atoms with Crippen LogP contribution in [0.4, 0.5) is 5.69 Å². The lowest BCUT2D eigenvalue weighted by Crippen LogP contribution is -2.43. The van der Waals surface area contributed by atoms with Gasteiger partial charge in [-0.3, -0.25) is 0 Å². The molecule has 98 valence electrons. The fraction of sp³-hybridized carbons (Fsp3) is 0.462. The number of halogens is 1. The summed E-state index contributed by atoms with van der Waals surface area (Å²) >= 11 is 11.3. The molecule has 1 aliphatic heterocycles. The standard InChI is InChI=1S/C13H17ClN2OS/c14-11-4-1-5-12(7-11)15-13(18)16-6-2-3-10(8-16)9-17/h1,4-5,7,10,17H,2-3,6,8-9H2,(H,15,18)/t10-/m1/s1. The summed E-state index contributed by atoms with van der Waals surface area (Å²) in [5.41, 5.74) is 0.902. The molecule has 2 rings (SSSR count). The number of hydrogen-bond donors (Lipinski definition) is 2. The number of aliphatic hydroxyl groups excluding tert-OH is 1. The van der Waals surface area contributed by atoms with E-state index in [2.05, 4.69) is 10.2 Å². The van der Waals surface area contributed by atoms with E-state index in [0.29, 0.717) is 16.1 Å². The third kappa shape index (κ3) is 3.57. The monoisotopic (exact) mass is 284 g/mol. The molecule has 0 unspecified atom stereocenters. The second-order valence-corrected chi connectivity index (χ2v) is 5.40. The molecule has 1 aliphatic rings. The Labute approximate surface area is 118 Å². The lowest BCUT2D eigenvalue weighted by Gasteiger charge is -2.33. The molecule has 0 aliphatic carbocycles. The minimum absolute atomic E-state index is 0.232. The Bertz CT molecular complexity index is 427. The molecule has 0 radical (unpaired) electrons. The quantitative estimate of drug-likeness (QED) is 0.819. The van der Waals surface area contributed by atoms with Gasteiger partial charge in [0.2, 0.25) is 0 Å². The first-order valence-electron chi connectivity index (χ1n) is 6.11. The number of piperidine rings is 1. The number of aliphatic hydroxyl groups is 1. The van der Waals surface area contributed by atoms with Crippen molar-refractivity contribution in [3.8, 4) is 0 Å². The van der Waals surface area contributed by atoms with Crippen molar-refractivity contribution < 1.29 is 5.11 Å². The normalized spacial score (nSPS) is 19.7. The maximum atomic E-state index is 9.21. The van der Waals surface area contributed by atoms with Crippen LogP contribution in [0.1, 0.15) is 12.8 Å². The summed E-state index contributed by atoms with van der Waals surface area (Å²) in [6.45, 7) is 2.00. The highest BCUT2D eigenvalue weighted by Gasteiger charge is 2.20. The van der Waals surface area contributed by atoms with E-state index in [4.69, 9.17) is 23.8 Å². The lowest BCUT2D eigenvalue weighted by molar-refractivity contribution is 0.162. The Balaban J connectivity index is 1.95. The van der Waals surface area contributed by atoms with Crippen molar-refractivity contribution in [1.82, 2.24) is 4.90 Å². The third-order valence-electron chi connectivity index (χ3n) is 3.14. The molecule has 18 heavy (non-hydrogen) atoms. The van der Waals surface area contributed by atoms with Gasteiger partial charge in [0.15, 0.2) is 5.11 Å². The minimum Gasteiger partial charge on any atom is -0.396 e. The van der Waals surface area contributed by atoms with Crippen LogP contribution in [0.3, 0.4) is 0 Å². The topological polar surface area (TPSA) is 35.5 Å². The molecular formula is C13H17ClN2OS. The van der Waals surface area contributed by atoms with E-state index in [1.165, 1.54) is 0 Å². The zero-order valence-corrected chi connectivity index (χ0v) is 11.7. The first-order chi connectivity index (χ1) is 8.69. The van der Waals surface area contributed by atoms with Gasteiger partial charge in [0, 0.05) is 30.4 Å². The fourth-order valence-electron chi connectivity index (χ4n) is 2.17. The Hall–Kier alpha value is -0.840. The van der Waals surface area contributed by atoms with Gasteiger partial charge >= 0.3 is 0 Å². The van der Waals surface area contributed by atoms with E-state index in [1.807, 2.05) is 24.3 Å². The molecule has 0 amide bonds. The molecule has 0 saturated carbocycles. The van der Waals surface area contributed by atoms with E-state index < -0.39 is 0 Å². The van der Waals surface area contributed by atoms with Gasteiger partial charge in [0.1, 0.15) is 0 Å². The third-order valence-corrected chi connectivity index (χ3v) is 3.74. The van der Waals surface area contributed by atoms with Gasteiger partial charge in [-0.25, -0.2) is 0 Å². The number of nitrogens with one attached hydrogen (secondary N) is 1. The summed E-state index contributed by atoms with van der Waals surface area (Å²) in [5.74, 6) is 0.331. The SMILES string of the molecule is OC[C@@H]1CCCN(C(=S)Nc2cccc(Cl)c2)C1. The average molecular weight is 285 g/mol. The van der Waals surface area contributed by atoms with Crippen LogP contribution in [-0.2, 0) is 0 Å². The van der Waals surface area contributed by atoms with Crippen LogP contribution in [0, 0.1) is 5.92 Å². The van der Waals surface area contributed by atoms with Crippen molar-refractivity contribution in [1.29, 1.82) is 0 Å². The highest BCUT2D eigenvalue weighted by atomic mass is 35.5. The van der Waals surface area contributed by atoms with Crippen molar-refractivity contribution in [2.24, 2.45) is 5.92 Å². The van der Waals surface area contributed by atoms with E-state index >= 15 is 0 Å². The smallest absolute Gasteiger partial charge is 0.173 e. The Morgan fingerprint density at radius 1 is 1.56 bits per heavy atom. The molecule has 0 bridgehead atoms. The van der Waals surface area contributed by atoms with Crippen molar-refractivity contribution in [3.05, 3.63) is 29.3 Å². The summed E-state index contributed by atoms with van der Waals surface area (Å²) < 4.78 is 0. The average Bonchev–Trinajstić information content (AvgIpc) is 2.39. The highest BCUT2D eigenvalue weighted by molar-refractivity contribution is 7.80. The van der Waals surface area contributed by atoms with Gasteiger partial charge in [-0.15, -0.1) is 0 Å². The van der Waals surface area contributed by atoms with Crippen LogP contribution in [0.25, 0.3) is 0 Å². The van der Waals surface area contributed by atoms with Gasteiger partial charge < -0.3 is 15.3 Å². The molecule has 1 saturated heterocycles. The molecule has 1 fully saturated rings. The van der Waals surface area contributed by atoms with Gasteiger partial charge in [-0.2, -0.15) is 0 Å². The van der Waals surface area contributed by atoms with E-state index in [-0.39, 0.29) is 6.61 Å². The molecule has 1 aromatic carbocycles. The lowest BCUT2D eigenvalue weighted by atomic mass is 9.99. The van der Waals surface area contributed by atoms with Crippen LogP contribution in [0.2, 0.25) is 5.02 Å². The summed E-state index contributed by atoms with van der Waals surface area (Å²) in [7, 11) is 0. The summed E-state index contributed by atoms with van der Waals surface area (Å²) in [6, 6.07) is 7.51. The summed E-state index contributed by atoms with van der Waals surface area (Å²) in [4.78, 5) is 2.11. The number of nitrogens with zero attached hydrogens (tertiary/aromatic N) is 1. The Kier molecular flexibility index (Phi) is 4.80. The van der Waals surface area contributed by atoms with Crippen molar-refractivity contribution in [2.75, 3.05) is 25.0 Å². The zero-order valence-electron chi connectivity index (χ0n) is 10.1. The highest BCUT2D eigenvalue weighted by Crippen LogP contribution is 2.19. The molecule has 1 aromatic rings. The number of anilines is 1. The number of benzene rings is 1. The number of rotatable bonds is 2. The first kappa shape index (κ1) is 13.6. The van der Waals surface area contributed by atoms with Gasteiger partial charge in [0.25, 0.3) is 0 Å². The van der Waals surface area contributed by atoms with Crippen LogP contribution in [0.5, 0.6) is 0 Å². The number of likely N-dealkylation sites (tertiary alicyclic amines) is 1. The van der Waals surface area contributed by atoms with Crippen LogP contribution in [0.15, 0.2) is 24.3 Å². The maximum absolute atomic E-state index is 9.21. The van der Waals surface area contributed by atoms with Crippen molar-refractivity contribution in [3.63, 3.8) is 0 Å². The van der Waals surface area contributed by atoms with Crippen LogP contribution < -0.4 is 5.32 Å². The fourth-order valence-corrected chi connectivity index (χ4v) is 2.64. The van der Waals surface area contributed by atoms with Crippen LogP contribution in [-0.4, -0.2) is 34.8 Å². The predicted molar refractivity (Wildman–Crippen MR) is 79.1 cm³/mol.